The molecule has 0 aliphatic carbocycles. The van der Waals surface area contributed by atoms with E-state index < -0.39 is 5.54 Å². The monoisotopic (exact) mass is 435 g/mol. The van der Waals surface area contributed by atoms with Crippen LogP contribution >= 0.6 is 0 Å². The lowest BCUT2D eigenvalue weighted by Crippen LogP contribution is -2.49. The first-order valence-corrected chi connectivity index (χ1v) is 10.6. The van der Waals surface area contributed by atoms with Gasteiger partial charge in [0.05, 0.1) is 16.9 Å². The van der Waals surface area contributed by atoms with Gasteiger partial charge >= 0.3 is 6.09 Å². The summed E-state index contributed by atoms with van der Waals surface area (Å²) in [4.78, 5) is 25.4. The molecular formula is C23H29N7O2. The summed E-state index contributed by atoms with van der Waals surface area (Å²) < 4.78 is 7.29. The zero-order valence-electron chi connectivity index (χ0n) is 18.9. The molecule has 1 saturated heterocycles. The first-order valence-electron chi connectivity index (χ1n) is 10.6. The maximum absolute atomic E-state index is 12.7. The van der Waals surface area contributed by atoms with Crippen LogP contribution in [0, 0.1) is 6.92 Å². The van der Waals surface area contributed by atoms with Gasteiger partial charge in [-0.3, -0.25) is 4.68 Å². The number of ether oxygens (including phenoxy) is 1. The van der Waals surface area contributed by atoms with Crippen molar-refractivity contribution in [2.45, 2.75) is 32.4 Å². The predicted molar refractivity (Wildman–Crippen MR) is 123 cm³/mol. The van der Waals surface area contributed by atoms with E-state index in [-0.39, 0.29) is 18.6 Å². The molecule has 1 fully saturated rings. The molecule has 1 amide bonds. The number of hydrogen-bond acceptors (Lipinski definition) is 7. The number of likely N-dealkylation sites (N-methyl/N-ethyl adjacent to an activating group) is 1. The lowest BCUT2D eigenvalue weighted by atomic mass is 10.0. The van der Waals surface area contributed by atoms with Crippen molar-refractivity contribution >= 4 is 17.9 Å². The van der Waals surface area contributed by atoms with Crippen molar-refractivity contribution in [3.8, 4) is 11.3 Å². The van der Waals surface area contributed by atoms with Gasteiger partial charge in [-0.05, 0) is 25.8 Å². The van der Waals surface area contributed by atoms with Crippen LogP contribution < -0.4 is 10.6 Å². The Hall–Kier alpha value is -3.62. The standard InChI is InChI=1S/C23H29N7O2/c1-16-18(13-28(3)27-16)19-12-20(26-21(24)25-19)30-11-10-23(2,15-30)29(4)22(31)32-14-17-8-6-5-7-9-17/h5-9,12-13H,10-11,14-15H2,1-4H3,(H2,24,25,26). The average molecular weight is 436 g/mol. The van der Waals surface area contributed by atoms with E-state index in [2.05, 4.69) is 26.9 Å². The Kier molecular flexibility index (Phi) is 5.73. The van der Waals surface area contributed by atoms with E-state index in [4.69, 9.17) is 10.5 Å². The summed E-state index contributed by atoms with van der Waals surface area (Å²) in [6, 6.07) is 11.6. The second-order valence-corrected chi connectivity index (χ2v) is 8.54. The van der Waals surface area contributed by atoms with Gasteiger partial charge in [0, 0.05) is 45.0 Å². The quantitative estimate of drug-likeness (QED) is 0.657. The zero-order chi connectivity index (χ0) is 22.9. The van der Waals surface area contributed by atoms with Crippen molar-refractivity contribution in [1.82, 2.24) is 24.6 Å². The van der Waals surface area contributed by atoms with Gasteiger partial charge in [0.15, 0.2) is 0 Å². The maximum Gasteiger partial charge on any atom is 0.410 e. The fourth-order valence-electron chi connectivity index (χ4n) is 4.05. The maximum atomic E-state index is 12.7. The summed E-state index contributed by atoms with van der Waals surface area (Å²) in [5, 5.41) is 4.39. The molecule has 32 heavy (non-hydrogen) atoms. The second kappa shape index (κ2) is 8.49. The SMILES string of the molecule is Cc1nn(C)cc1-c1cc(N2CCC(C)(N(C)C(=O)OCc3ccccc3)C2)nc(N)n1. The van der Waals surface area contributed by atoms with E-state index >= 15 is 0 Å². The normalized spacial score (nSPS) is 18.1. The molecule has 0 bridgehead atoms. The van der Waals surface area contributed by atoms with Gasteiger partial charge in [-0.25, -0.2) is 9.78 Å². The van der Waals surface area contributed by atoms with E-state index in [1.54, 1.807) is 16.6 Å². The van der Waals surface area contributed by atoms with Crippen molar-refractivity contribution in [1.29, 1.82) is 0 Å². The molecule has 1 atom stereocenters. The predicted octanol–water partition coefficient (Wildman–Crippen LogP) is 3.01. The second-order valence-electron chi connectivity index (χ2n) is 8.54. The fraction of sp³-hybridized carbons (Fsp3) is 0.391. The summed E-state index contributed by atoms with van der Waals surface area (Å²) in [6.45, 7) is 5.62. The molecule has 1 unspecified atom stereocenters. The molecule has 1 aliphatic heterocycles. The number of hydrogen-bond donors (Lipinski definition) is 1. The number of amides is 1. The number of carbonyl (C=O) groups excluding carboxylic acids is 1. The summed E-state index contributed by atoms with van der Waals surface area (Å²) in [5.41, 5.74) is 9.14. The van der Waals surface area contributed by atoms with Gasteiger partial charge < -0.3 is 20.3 Å². The number of anilines is 2. The minimum atomic E-state index is -0.391. The molecule has 9 heteroatoms. The van der Waals surface area contributed by atoms with Gasteiger partial charge in [0.1, 0.15) is 12.4 Å². The number of aromatic nitrogens is 4. The van der Waals surface area contributed by atoms with Crippen molar-refractivity contribution < 1.29 is 9.53 Å². The third kappa shape index (κ3) is 4.37. The molecule has 2 aromatic heterocycles. The zero-order valence-corrected chi connectivity index (χ0v) is 18.9. The molecular weight excluding hydrogens is 406 g/mol. The van der Waals surface area contributed by atoms with Gasteiger partial charge in [-0.2, -0.15) is 10.1 Å². The Bertz CT molecular complexity index is 1110. The van der Waals surface area contributed by atoms with Crippen molar-refractivity contribution in [2.24, 2.45) is 7.05 Å². The largest absolute Gasteiger partial charge is 0.445 e. The van der Waals surface area contributed by atoms with Gasteiger partial charge in [-0.15, -0.1) is 0 Å². The number of rotatable bonds is 5. The molecule has 3 heterocycles. The highest BCUT2D eigenvalue weighted by Crippen LogP contribution is 2.32. The van der Waals surface area contributed by atoms with Gasteiger partial charge in [0.2, 0.25) is 5.95 Å². The van der Waals surface area contributed by atoms with Crippen molar-refractivity contribution in [3.63, 3.8) is 0 Å². The Labute approximate surface area is 187 Å². The molecule has 0 radical (unpaired) electrons. The van der Waals surface area contributed by atoms with Crippen LogP contribution in [0.15, 0.2) is 42.6 Å². The summed E-state index contributed by atoms with van der Waals surface area (Å²) >= 11 is 0. The third-order valence-corrected chi connectivity index (χ3v) is 6.08. The third-order valence-electron chi connectivity index (χ3n) is 6.08. The molecule has 0 spiro atoms. The van der Waals surface area contributed by atoms with E-state index in [9.17, 15) is 4.79 Å². The Morgan fingerprint density at radius 1 is 1.28 bits per heavy atom. The number of aryl methyl sites for hydroxylation is 2. The van der Waals surface area contributed by atoms with Crippen LogP contribution in [0.3, 0.4) is 0 Å². The highest BCUT2D eigenvalue weighted by atomic mass is 16.6. The fourth-order valence-corrected chi connectivity index (χ4v) is 4.05. The van der Waals surface area contributed by atoms with Crippen molar-refractivity contribution in [3.05, 3.63) is 53.9 Å². The number of carbonyl (C=O) groups is 1. The summed E-state index contributed by atoms with van der Waals surface area (Å²) in [5.74, 6) is 0.954. The van der Waals surface area contributed by atoms with Crippen LogP contribution in [0.2, 0.25) is 0 Å². The van der Waals surface area contributed by atoms with Crippen LogP contribution in [-0.4, -0.2) is 56.4 Å². The van der Waals surface area contributed by atoms with E-state index in [0.717, 1.165) is 41.3 Å². The molecule has 2 N–H and O–H groups in total. The topological polar surface area (TPSA) is 102 Å². The van der Waals surface area contributed by atoms with Crippen LogP contribution in [0.5, 0.6) is 0 Å². The van der Waals surface area contributed by atoms with Crippen LogP contribution in [0.25, 0.3) is 11.3 Å². The van der Waals surface area contributed by atoms with Crippen LogP contribution in [-0.2, 0) is 18.4 Å². The minimum absolute atomic E-state index is 0.213. The highest BCUT2D eigenvalue weighted by Gasteiger charge is 2.41. The molecule has 4 rings (SSSR count). The Morgan fingerprint density at radius 3 is 2.72 bits per heavy atom. The number of benzene rings is 1. The number of nitrogens with zero attached hydrogens (tertiary/aromatic N) is 6. The van der Waals surface area contributed by atoms with Gasteiger partial charge in [0.25, 0.3) is 0 Å². The molecule has 168 valence electrons. The van der Waals surface area contributed by atoms with E-state index in [0.29, 0.717) is 6.54 Å². The molecule has 0 saturated carbocycles. The molecule has 3 aromatic rings. The van der Waals surface area contributed by atoms with Crippen LogP contribution in [0.1, 0.15) is 24.6 Å². The highest BCUT2D eigenvalue weighted by molar-refractivity contribution is 5.69. The van der Waals surface area contributed by atoms with Gasteiger partial charge in [-0.1, -0.05) is 30.3 Å². The first-order chi connectivity index (χ1) is 15.2. The Balaban J connectivity index is 1.47. The van der Waals surface area contributed by atoms with E-state index in [1.165, 1.54) is 0 Å². The smallest absolute Gasteiger partial charge is 0.410 e. The summed E-state index contributed by atoms with van der Waals surface area (Å²) in [6.07, 6.45) is 2.37. The Morgan fingerprint density at radius 2 is 2.03 bits per heavy atom. The number of nitrogens with two attached hydrogens (primary N) is 1. The lowest BCUT2D eigenvalue weighted by Gasteiger charge is -2.34. The van der Waals surface area contributed by atoms with Crippen molar-refractivity contribution in [2.75, 3.05) is 30.8 Å². The molecule has 9 nitrogen and oxygen atoms in total. The average Bonchev–Trinajstić information content (AvgIpc) is 3.34. The first kappa shape index (κ1) is 21.6. The lowest BCUT2D eigenvalue weighted by molar-refractivity contribution is 0.0714. The molecule has 1 aliphatic rings. The summed E-state index contributed by atoms with van der Waals surface area (Å²) in [7, 11) is 3.66. The number of nitrogen functional groups attached to an aromatic ring is 1. The molecule has 1 aromatic carbocycles. The van der Waals surface area contributed by atoms with Crippen LogP contribution in [0.4, 0.5) is 16.6 Å². The minimum Gasteiger partial charge on any atom is -0.445 e. The van der Waals surface area contributed by atoms with E-state index in [1.807, 2.05) is 56.6 Å².